The molecule has 0 radical (unpaired) electrons. The van der Waals surface area contributed by atoms with E-state index in [1.807, 2.05) is 5.92 Å². The van der Waals surface area contributed by atoms with Gasteiger partial charge < -0.3 is 25.8 Å². The average Bonchev–Trinajstić information content (AvgIpc) is 2.64. The summed E-state index contributed by atoms with van der Waals surface area (Å²) in [6.45, 7) is 1.36. The standard InChI is InChI=1S/C11H14N4O5/c1-3-11(19)7(17)6(5(2)16)20-8(11)15-4-13-9(12)14-10(15)18/h1,4-8,16-17,19H,2H3,(H2,12,14,18)/t5-,6-,7+,8-,11?/m1/s1. The first-order chi connectivity index (χ1) is 9.31. The highest BCUT2D eigenvalue weighted by Gasteiger charge is 2.57. The van der Waals surface area contributed by atoms with Gasteiger partial charge >= 0.3 is 5.69 Å². The average molecular weight is 282 g/mol. The number of aromatic nitrogens is 3. The number of aliphatic hydroxyl groups is 3. The molecule has 1 aliphatic rings. The van der Waals surface area contributed by atoms with Crippen molar-refractivity contribution in [2.45, 2.75) is 37.1 Å². The molecule has 0 amide bonds. The van der Waals surface area contributed by atoms with Crippen molar-refractivity contribution in [1.82, 2.24) is 14.5 Å². The third kappa shape index (κ3) is 2.04. The predicted octanol–water partition coefficient (Wildman–Crippen LogP) is -2.78. The quantitative estimate of drug-likeness (QED) is 0.426. The monoisotopic (exact) mass is 282 g/mol. The molecule has 0 aromatic carbocycles. The van der Waals surface area contributed by atoms with E-state index >= 15 is 0 Å². The van der Waals surface area contributed by atoms with Crippen LogP contribution in [0.25, 0.3) is 0 Å². The molecule has 1 unspecified atom stereocenters. The zero-order valence-electron chi connectivity index (χ0n) is 10.5. The first-order valence-corrected chi connectivity index (χ1v) is 5.73. The van der Waals surface area contributed by atoms with Crippen molar-refractivity contribution >= 4 is 5.95 Å². The van der Waals surface area contributed by atoms with E-state index in [-0.39, 0.29) is 5.95 Å². The van der Waals surface area contributed by atoms with Crippen LogP contribution in [0.15, 0.2) is 11.1 Å². The van der Waals surface area contributed by atoms with Crippen LogP contribution in [0.3, 0.4) is 0 Å². The number of nitrogens with zero attached hydrogens (tertiary/aromatic N) is 3. The molecule has 9 heteroatoms. The normalized spacial score (nSPS) is 34.6. The van der Waals surface area contributed by atoms with Crippen LogP contribution in [0.4, 0.5) is 5.95 Å². The first-order valence-electron chi connectivity index (χ1n) is 5.73. The van der Waals surface area contributed by atoms with Crippen LogP contribution in [0.5, 0.6) is 0 Å². The Hall–Kier alpha value is -1.99. The summed E-state index contributed by atoms with van der Waals surface area (Å²) in [6.07, 6.45) is 0.932. The lowest BCUT2D eigenvalue weighted by Gasteiger charge is -2.26. The topological polar surface area (TPSA) is 144 Å². The van der Waals surface area contributed by atoms with Gasteiger partial charge in [-0.3, -0.25) is 4.57 Å². The van der Waals surface area contributed by atoms with Crippen LogP contribution < -0.4 is 11.4 Å². The molecule has 1 aromatic heterocycles. The molecule has 9 nitrogen and oxygen atoms in total. The molecule has 1 aromatic rings. The predicted molar refractivity (Wildman–Crippen MR) is 66.1 cm³/mol. The van der Waals surface area contributed by atoms with E-state index in [2.05, 4.69) is 9.97 Å². The van der Waals surface area contributed by atoms with Gasteiger partial charge in [0.15, 0.2) is 11.8 Å². The number of nitrogens with two attached hydrogens (primary N) is 1. The molecule has 1 fully saturated rings. The minimum absolute atomic E-state index is 0.249. The Bertz CT molecular complexity index is 610. The highest BCUT2D eigenvalue weighted by atomic mass is 16.6. The summed E-state index contributed by atoms with van der Waals surface area (Å²) in [5, 5.41) is 29.8. The van der Waals surface area contributed by atoms with Crippen molar-refractivity contribution in [2.24, 2.45) is 0 Å². The van der Waals surface area contributed by atoms with Gasteiger partial charge in [-0.05, 0) is 6.92 Å². The summed E-state index contributed by atoms with van der Waals surface area (Å²) in [4.78, 5) is 18.7. The molecule has 1 aliphatic heterocycles. The Balaban J connectivity index is 2.50. The van der Waals surface area contributed by atoms with Crippen LogP contribution >= 0.6 is 0 Å². The van der Waals surface area contributed by atoms with Gasteiger partial charge in [-0.2, -0.15) is 4.98 Å². The lowest BCUT2D eigenvalue weighted by Crippen LogP contribution is -2.48. The van der Waals surface area contributed by atoms with E-state index in [4.69, 9.17) is 16.9 Å². The Morgan fingerprint density at radius 2 is 2.35 bits per heavy atom. The molecule has 0 bridgehead atoms. The maximum absolute atomic E-state index is 11.7. The minimum atomic E-state index is -2.20. The fourth-order valence-electron chi connectivity index (χ4n) is 2.05. The van der Waals surface area contributed by atoms with Crippen LogP contribution in [0.1, 0.15) is 13.2 Å². The molecule has 5 N–H and O–H groups in total. The van der Waals surface area contributed by atoms with E-state index < -0.39 is 35.8 Å². The second-order valence-electron chi connectivity index (χ2n) is 4.51. The van der Waals surface area contributed by atoms with Crippen LogP contribution in [-0.4, -0.2) is 53.8 Å². The van der Waals surface area contributed by atoms with Gasteiger partial charge in [0.25, 0.3) is 0 Å². The summed E-state index contributed by atoms with van der Waals surface area (Å²) in [7, 11) is 0. The highest BCUT2D eigenvalue weighted by molar-refractivity contribution is 5.20. The van der Waals surface area contributed by atoms with Gasteiger partial charge in [0.1, 0.15) is 18.5 Å². The second kappa shape index (κ2) is 4.84. The van der Waals surface area contributed by atoms with E-state index in [1.54, 1.807) is 0 Å². The number of anilines is 1. The molecule has 20 heavy (non-hydrogen) atoms. The molecule has 0 saturated carbocycles. The van der Waals surface area contributed by atoms with Crippen molar-refractivity contribution in [2.75, 3.05) is 5.73 Å². The van der Waals surface area contributed by atoms with Crippen molar-refractivity contribution in [1.29, 1.82) is 0 Å². The van der Waals surface area contributed by atoms with Gasteiger partial charge in [-0.15, -0.1) is 6.42 Å². The molecule has 2 heterocycles. The minimum Gasteiger partial charge on any atom is -0.391 e. The van der Waals surface area contributed by atoms with E-state index in [1.165, 1.54) is 6.92 Å². The van der Waals surface area contributed by atoms with Crippen LogP contribution in [0, 0.1) is 12.3 Å². The van der Waals surface area contributed by atoms with Crippen LogP contribution in [0.2, 0.25) is 0 Å². The molecule has 1 saturated heterocycles. The molecular formula is C11H14N4O5. The molecule has 108 valence electrons. The van der Waals surface area contributed by atoms with Gasteiger partial charge in [-0.1, -0.05) is 5.92 Å². The fourth-order valence-corrected chi connectivity index (χ4v) is 2.05. The summed E-state index contributed by atoms with van der Waals surface area (Å²) in [6, 6.07) is 0. The Morgan fingerprint density at radius 1 is 1.70 bits per heavy atom. The van der Waals surface area contributed by atoms with Crippen molar-refractivity contribution < 1.29 is 20.1 Å². The highest BCUT2D eigenvalue weighted by Crippen LogP contribution is 2.38. The lowest BCUT2D eigenvalue weighted by molar-refractivity contribution is -0.0887. The summed E-state index contributed by atoms with van der Waals surface area (Å²) in [5.74, 6) is 1.74. The van der Waals surface area contributed by atoms with Gasteiger partial charge in [-0.25, -0.2) is 9.78 Å². The number of terminal acetylenes is 1. The Kier molecular flexibility index (Phi) is 3.49. The Morgan fingerprint density at radius 3 is 2.85 bits per heavy atom. The maximum atomic E-state index is 11.7. The molecule has 0 spiro atoms. The Labute approximate surface area is 113 Å². The van der Waals surface area contributed by atoms with Crippen LogP contribution in [-0.2, 0) is 4.74 Å². The number of hydrogen-bond donors (Lipinski definition) is 4. The van der Waals surface area contributed by atoms with E-state index in [9.17, 15) is 20.1 Å². The smallest absolute Gasteiger partial charge is 0.354 e. The number of aliphatic hydroxyl groups excluding tert-OH is 2. The summed E-state index contributed by atoms with van der Waals surface area (Å²) < 4.78 is 6.11. The molecular weight excluding hydrogens is 268 g/mol. The number of ether oxygens (including phenoxy) is 1. The van der Waals surface area contributed by atoms with Crippen molar-refractivity contribution in [3.05, 3.63) is 16.8 Å². The second-order valence-corrected chi connectivity index (χ2v) is 4.51. The number of nitrogen functional groups attached to an aromatic ring is 1. The first kappa shape index (κ1) is 14.4. The van der Waals surface area contributed by atoms with Gasteiger partial charge in [0.05, 0.1) is 6.10 Å². The molecule has 2 rings (SSSR count). The molecule has 5 atom stereocenters. The maximum Gasteiger partial charge on any atom is 0.354 e. The van der Waals surface area contributed by atoms with Gasteiger partial charge in [0.2, 0.25) is 5.95 Å². The number of rotatable bonds is 2. The zero-order valence-corrected chi connectivity index (χ0v) is 10.5. The SMILES string of the molecule is C#CC1(O)[C@@H](O)[C@@H]([C@@H](C)O)O[C@H]1n1cnc(N)nc1=O. The zero-order chi connectivity index (χ0) is 15.1. The largest absolute Gasteiger partial charge is 0.391 e. The van der Waals surface area contributed by atoms with Gasteiger partial charge in [0, 0.05) is 0 Å². The number of hydrogen-bond acceptors (Lipinski definition) is 8. The van der Waals surface area contributed by atoms with Crippen molar-refractivity contribution in [3.63, 3.8) is 0 Å². The molecule has 0 aliphatic carbocycles. The summed E-state index contributed by atoms with van der Waals surface area (Å²) in [5.41, 5.74) is 2.20. The third-order valence-electron chi connectivity index (χ3n) is 3.13. The summed E-state index contributed by atoms with van der Waals surface area (Å²) >= 11 is 0. The van der Waals surface area contributed by atoms with Crippen molar-refractivity contribution in [3.8, 4) is 12.3 Å². The van der Waals surface area contributed by atoms with E-state index in [0.717, 1.165) is 10.9 Å². The van der Waals surface area contributed by atoms with E-state index in [0.29, 0.717) is 0 Å². The fraction of sp³-hybridized carbons (Fsp3) is 0.545. The lowest BCUT2D eigenvalue weighted by atomic mass is 9.93. The third-order valence-corrected chi connectivity index (χ3v) is 3.13.